The molecule has 1 aliphatic rings. The quantitative estimate of drug-likeness (QED) is 0.834. The van der Waals surface area contributed by atoms with Gasteiger partial charge in [-0.1, -0.05) is 0 Å². The molecule has 1 N–H and O–H groups in total. The van der Waals surface area contributed by atoms with Crippen molar-refractivity contribution in [3.63, 3.8) is 0 Å². The topological polar surface area (TPSA) is 75.7 Å². The minimum Gasteiger partial charge on any atom is -0.383 e. The fourth-order valence-corrected chi connectivity index (χ4v) is 4.31. The molecular weight excluding hydrogens is 335 g/mol. The maximum Gasteiger partial charge on any atom is 0.243 e. The summed E-state index contributed by atoms with van der Waals surface area (Å²) in [6.45, 7) is 2.72. The molecule has 2 rings (SSSR count). The van der Waals surface area contributed by atoms with Crippen molar-refractivity contribution < 1.29 is 22.3 Å². The number of rotatable bonds is 6. The zero-order chi connectivity index (χ0) is 17.7. The largest absolute Gasteiger partial charge is 0.383 e. The summed E-state index contributed by atoms with van der Waals surface area (Å²) in [5.74, 6) is -1.05. The number of hydrogen-bond acceptors (Lipinski definition) is 4. The lowest BCUT2D eigenvalue weighted by Gasteiger charge is -2.31. The van der Waals surface area contributed by atoms with Crippen LogP contribution in [0.5, 0.6) is 0 Å². The Morgan fingerprint density at radius 3 is 2.71 bits per heavy atom. The van der Waals surface area contributed by atoms with Gasteiger partial charge < -0.3 is 10.1 Å². The van der Waals surface area contributed by atoms with Crippen LogP contribution in [0.4, 0.5) is 4.39 Å². The van der Waals surface area contributed by atoms with E-state index in [0.717, 1.165) is 12.1 Å². The molecule has 6 nitrogen and oxygen atoms in total. The SMILES string of the molecule is COC[C@H](C)NC(=O)[C@@H]1CCCN(S(=O)(=O)c2ccc(F)cc2)C1. The van der Waals surface area contributed by atoms with Crippen LogP contribution >= 0.6 is 0 Å². The normalized spacial score (nSPS) is 20.5. The van der Waals surface area contributed by atoms with Crippen LogP contribution in [0.15, 0.2) is 29.2 Å². The standard InChI is InChI=1S/C16H23FN2O4S/c1-12(11-23-2)18-16(20)13-4-3-9-19(10-13)24(21,22)15-7-5-14(17)6-8-15/h5-8,12-13H,3-4,9-11H2,1-2H3,(H,18,20)/t12-,13+/m0/s1. The number of sulfonamides is 1. The highest BCUT2D eigenvalue weighted by atomic mass is 32.2. The summed E-state index contributed by atoms with van der Waals surface area (Å²) in [4.78, 5) is 12.3. The molecule has 0 unspecified atom stereocenters. The first kappa shape index (κ1) is 18.8. The molecule has 0 aliphatic carbocycles. The average Bonchev–Trinajstić information content (AvgIpc) is 2.55. The summed E-state index contributed by atoms with van der Waals surface area (Å²) < 4.78 is 44.6. The van der Waals surface area contributed by atoms with Crippen LogP contribution in [-0.4, -0.2) is 51.5 Å². The van der Waals surface area contributed by atoms with Gasteiger partial charge in [-0.05, 0) is 44.0 Å². The van der Waals surface area contributed by atoms with Crippen molar-refractivity contribution in [3.05, 3.63) is 30.1 Å². The maximum absolute atomic E-state index is 13.0. The molecule has 24 heavy (non-hydrogen) atoms. The number of halogens is 1. The molecule has 8 heteroatoms. The Bertz CT molecular complexity index is 663. The molecule has 0 bridgehead atoms. The Morgan fingerprint density at radius 2 is 2.08 bits per heavy atom. The molecule has 1 fully saturated rings. The van der Waals surface area contributed by atoms with Crippen molar-refractivity contribution in [2.24, 2.45) is 5.92 Å². The summed E-state index contributed by atoms with van der Waals surface area (Å²) >= 11 is 0. The lowest BCUT2D eigenvalue weighted by Crippen LogP contribution is -2.47. The minimum absolute atomic E-state index is 0.0395. The summed E-state index contributed by atoms with van der Waals surface area (Å²) in [5.41, 5.74) is 0. The van der Waals surface area contributed by atoms with Crippen molar-refractivity contribution >= 4 is 15.9 Å². The number of ether oxygens (including phenoxy) is 1. The predicted octanol–water partition coefficient (Wildman–Crippen LogP) is 1.38. The average molecular weight is 358 g/mol. The van der Waals surface area contributed by atoms with Crippen molar-refractivity contribution in [1.29, 1.82) is 0 Å². The smallest absolute Gasteiger partial charge is 0.243 e. The predicted molar refractivity (Wildman–Crippen MR) is 87.4 cm³/mol. The number of piperidine rings is 1. The molecular formula is C16H23FN2O4S. The molecule has 1 saturated heterocycles. The third kappa shape index (κ3) is 4.52. The zero-order valence-corrected chi connectivity index (χ0v) is 14.7. The van der Waals surface area contributed by atoms with E-state index >= 15 is 0 Å². The molecule has 134 valence electrons. The number of amides is 1. The third-order valence-electron chi connectivity index (χ3n) is 4.01. The van der Waals surface area contributed by atoms with Gasteiger partial charge in [-0.2, -0.15) is 4.31 Å². The molecule has 0 aromatic heterocycles. The Hall–Kier alpha value is -1.51. The summed E-state index contributed by atoms with van der Waals surface area (Å²) in [6.07, 6.45) is 1.25. The molecule has 2 atom stereocenters. The molecule has 1 aliphatic heterocycles. The van der Waals surface area contributed by atoms with Gasteiger partial charge in [0.2, 0.25) is 15.9 Å². The molecule has 1 aromatic carbocycles. The number of methoxy groups -OCH3 is 1. The van der Waals surface area contributed by atoms with Crippen molar-refractivity contribution in [1.82, 2.24) is 9.62 Å². The van der Waals surface area contributed by atoms with Crippen LogP contribution < -0.4 is 5.32 Å². The van der Waals surface area contributed by atoms with Crippen LogP contribution in [0.3, 0.4) is 0 Å². The number of carbonyl (C=O) groups excluding carboxylic acids is 1. The van der Waals surface area contributed by atoms with E-state index in [1.165, 1.54) is 16.4 Å². The number of hydrogen-bond donors (Lipinski definition) is 1. The fourth-order valence-electron chi connectivity index (χ4n) is 2.78. The first-order valence-electron chi connectivity index (χ1n) is 7.89. The molecule has 0 radical (unpaired) electrons. The van der Waals surface area contributed by atoms with E-state index < -0.39 is 21.8 Å². The Balaban J connectivity index is 2.07. The Labute approximate surface area is 142 Å². The highest BCUT2D eigenvalue weighted by molar-refractivity contribution is 7.89. The summed E-state index contributed by atoms with van der Waals surface area (Å²) in [6, 6.07) is 4.59. The third-order valence-corrected chi connectivity index (χ3v) is 5.89. The van der Waals surface area contributed by atoms with Gasteiger partial charge in [0.05, 0.1) is 17.4 Å². The lowest BCUT2D eigenvalue weighted by molar-refractivity contribution is -0.127. The van der Waals surface area contributed by atoms with Gasteiger partial charge in [0.25, 0.3) is 0 Å². The first-order valence-corrected chi connectivity index (χ1v) is 9.33. The van der Waals surface area contributed by atoms with Gasteiger partial charge in [0.15, 0.2) is 0 Å². The van der Waals surface area contributed by atoms with E-state index in [1.54, 1.807) is 7.11 Å². The lowest BCUT2D eigenvalue weighted by atomic mass is 9.98. The van der Waals surface area contributed by atoms with Gasteiger partial charge >= 0.3 is 0 Å². The number of benzene rings is 1. The molecule has 1 aromatic rings. The second-order valence-electron chi connectivity index (χ2n) is 6.02. The van der Waals surface area contributed by atoms with Gasteiger partial charge in [-0.25, -0.2) is 12.8 Å². The van der Waals surface area contributed by atoms with Crippen LogP contribution in [0.2, 0.25) is 0 Å². The summed E-state index contributed by atoms with van der Waals surface area (Å²) in [7, 11) is -2.17. The number of nitrogens with one attached hydrogen (secondary N) is 1. The zero-order valence-electron chi connectivity index (χ0n) is 13.9. The van der Waals surface area contributed by atoms with Gasteiger partial charge in [-0.15, -0.1) is 0 Å². The van der Waals surface area contributed by atoms with E-state index in [1.807, 2.05) is 6.92 Å². The Kier molecular flexibility index (Phi) is 6.31. The monoisotopic (exact) mass is 358 g/mol. The van der Waals surface area contributed by atoms with Crippen LogP contribution in [0, 0.1) is 11.7 Å². The number of carbonyl (C=O) groups is 1. The van der Waals surface area contributed by atoms with E-state index in [4.69, 9.17) is 4.74 Å². The van der Waals surface area contributed by atoms with Crippen LogP contribution in [0.1, 0.15) is 19.8 Å². The number of nitrogens with zero attached hydrogens (tertiary/aromatic N) is 1. The van der Waals surface area contributed by atoms with Crippen LogP contribution in [0.25, 0.3) is 0 Å². The first-order chi connectivity index (χ1) is 11.3. The summed E-state index contributed by atoms with van der Waals surface area (Å²) in [5, 5.41) is 2.83. The fraction of sp³-hybridized carbons (Fsp3) is 0.562. The molecule has 0 spiro atoms. The van der Waals surface area contributed by atoms with Gasteiger partial charge in [0.1, 0.15) is 5.82 Å². The van der Waals surface area contributed by atoms with E-state index in [9.17, 15) is 17.6 Å². The van der Waals surface area contributed by atoms with Gasteiger partial charge in [-0.3, -0.25) is 4.79 Å². The molecule has 0 saturated carbocycles. The minimum atomic E-state index is -3.72. The Morgan fingerprint density at radius 1 is 1.42 bits per heavy atom. The maximum atomic E-state index is 13.0. The highest BCUT2D eigenvalue weighted by Crippen LogP contribution is 2.24. The second kappa shape index (κ2) is 8.04. The van der Waals surface area contributed by atoms with Crippen molar-refractivity contribution in [2.75, 3.05) is 26.8 Å². The van der Waals surface area contributed by atoms with Crippen LogP contribution in [-0.2, 0) is 19.6 Å². The van der Waals surface area contributed by atoms with E-state index in [2.05, 4.69) is 5.32 Å². The van der Waals surface area contributed by atoms with E-state index in [-0.39, 0.29) is 23.4 Å². The second-order valence-corrected chi connectivity index (χ2v) is 7.96. The van der Waals surface area contributed by atoms with Crippen molar-refractivity contribution in [3.8, 4) is 0 Å². The van der Waals surface area contributed by atoms with Crippen molar-refractivity contribution in [2.45, 2.75) is 30.7 Å². The highest BCUT2D eigenvalue weighted by Gasteiger charge is 2.33. The molecule has 1 heterocycles. The van der Waals surface area contributed by atoms with Gasteiger partial charge in [0, 0.05) is 26.2 Å². The molecule has 1 amide bonds. The van der Waals surface area contributed by atoms with E-state index in [0.29, 0.717) is 26.0 Å².